The Morgan fingerprint density at radius 2 is 0.667 bits per heavy atom. The first-order chi connectivity index (χ1) is 29.7. The number of nitrogens with zero attached hydrogens (tertiary/aromatic N) is 3. The van der Waals surface area contributed by atoms with Crippen molar-refractivity contribution < 1.29 is 0 Å². The zero-order valence-electron chi connectivity index (χ0n) is 33.4. The van der Waals surface area contributed by atoms with Crippen LogP contribution in [0.25, 0.3) is 89.8 Å². The largest absolute Gasteiger partial charge is 0.208 e. The van der Waals surface area contributed by atoms with Crippen LogP contribution in [0.2, 0.25) is 0 Å². The van der Waals surface area contributed by atoms with E-state index >= 15 is 0 Å². The van der Waals surface area contributed by atoms with E-state index < -0.39 is 0 Å². The maximum absolute atomic E-state index is 5.01. The molecular formula is C57H43N3. The third kappa shape index (κ3) is 6.44. The van der Waals surface area contributed by atoms with Gasteiger partial charge in [-0.3, -0.25) is 0 Å². The maximum atomic E-state index is 5.01. The Hall–Kier alpha value is -7.23. The van der Waals surface area contributed by atoms with Crippen molar-refractivity contribution in [1.82, 2.24) is 15.0 Å². The van der Waals surface area contributed by atoms with Crippen LogP contribution in [0.5, 0.6) is 0 Å². The molecule has 1 saturated carbocycles. The summed E-state index contributed by atoms with van der Waals surface area (Å²) in [5.74, 6) is 1.95. The molecule has 1 spiro atoms. The first-order valence-electron chi connectivity index (χ1n) is 21.2. The van der Waals surface area contributed by atoms with E-state index in [0.29, 0.717) is 17.5 Å². The lowest BCUT2D eigenvalue weighted by molar-refractivity contribution is 0.353. The molecule has 1 fully saturated rings. The van der Waals surface area contributed by atoms with E-state index in [0.717, 1.165) is 27.8 Å². The number of fused-ring (bicyclic) bond motifs is 5. The molecule has 0 unspecified atom stereocenters. The Kier molecular flexibility index (Phi) is 9.08. The summed E-state index contributed by atoms with van der Waals surface area (Å²) in [7, 11) is 0. The fraction of sp³-hybridized carbons (Fsp3) is 0.105. The Labute approximate surface area is 352 Å². The van der Waals surface area contributed by atoms with E-state index in [9.17, 15) is 0 Å². The minimum atomic E-state index is 0.110. The van der Waals surface area contributed by atoms with Gasteiger partial charge >= 0.3 is 0 Å². The molecule has 0 atom stereocenters. The average Bonchev–Trinajstić information content (AvgIpc) is 3.60. The van der Waals surface area contributed by atoms with E-state index in [1.165, 1.54) is 82.2 Å². The lowest BCUT2D eigenvalue weighted by Crippen LogP contribution is -2.28. The molecule has 0 bridgehead atoms. The van der Waals surface area contributed by atoms with Crippen molar-refractivity contribution in [2.24, 2.45) is 0 Å². The van der Waals surface area contributed by atoms with Gasteiger partial charge in [0.1, 0.15) is 0 Å². The number of hydrogen-bond donors (Lipinski definition) is 0. The first kappa shape index (κ1) is 35.9. The van der Waals surface area contributed by atoms with Gasteiger partial charge in [-0.1, -0.05) is 213 Å². The van der Waals surface area contributed by atoms with Gasteiger partial charge in [-0.15, -0.1) is 0 Å². The summed E-state index contributed by atoms with van der Waals surface area (Å²) >= 11 is 0. The maximum Gasteiger partial charge on any atom is 0.164 e. The zero-order chi connectivity index (χ0) is 39.9. The summed E-state index contributed by atoms with van der Waals surface area (Å²) in [6, 6.07) is 71.9. The van der Waals surface area contributed by atoms with Crippen molar-refractivity contribution in [3.63, 3.8) is 0 Å². The predicted octanol–water partition coefficient (Wildman–Crippen LogP) is 14.8. The molecule has 0 aliphatic heterocycles. The highest BCUT2D eigenvalue weighted by Crippen LogP contribution is 2.58. The van der Waals surface area contributed by atoms with Crippen LogP contribution in [0.4, 0.5) is 0 Å². The summed E-state index contributed by atoms with van der Waals surface area (Å²) in [6.07, 6.45) is 6.36. The molecule has 0 saturated heterocycles. The molecule has 9 aromatic rings. The topological polar surface area (TPSA) is 38.7 Å². The monoisotopic (exact) mass is 769 g/mol. The minimum absolute atomic E-state index is 0.110. The van der Waals surface area contributed by atoms with Gasteiger partial charge in [0.2, 0.25) is 0 Å². The van der Waals surface area contributed by atoms with Gasteiger partial charge in [0, 0.05) is 22.1 Å². The molecule has 0 radical (unpaired) electrons. The molecule has 1 aromatic heterocycles. The lowest BCUT2D eigenvalue weighted by atomic mass is 9.66. The zero-order valence-corrected chi connectivity index (χ0v) is 33.4. The van der Waals surface area contributed by atoms with Crippen molar-refractivity contribution >= 4 is 0 Å². The van der Waals surface area contributed by atoms with Crippen LogP contribution in [0.3, 0.4) is 0 Å². The fourth-order valence-electron chi connectivity index (χ4n) is 9.80. The summed E-state index contributed by atoms with van der Waals surface area (Å²) < 4.78 is 0. The SMILES string of the molecule is c1ccc(-c2ccc(-c3nc(-c4ccccc4)nc(-c4ccc(-c5ccc(-c6cccc(-c7cccc8c7C7(CCCCC7)c7ccccc7-8)c6)cc5)cc4)n3)cc2)cc1. The van der Waals surface area contributed by atoms with Gasteiger partial charge < -0.3 is 0 Å². The Morgan fingerprint density at radius 3 is 1.25 bits per heavy atom. The summed E-state index contributed by atoms with van der Waals surface area (Å²) in [5.41, 5.74) is 18.7. The molecule has 3 nitrogen and oxygen atoms in total. The van der Waals surface area contributed by atoms with Crippen molar-refractivity contribution in [3.05, 3.63) is 211 Å². The van der Waals surface area contributed by atoms with Crippen LogP contribution in [-0.2, 0) is 5.41 Å². The van der Waals surface area contributed by atoms with Crippen molar-refractivity contribution in [2.75, 3.05) is 0 Å². The molecular weight excluding hydrogens is 727 g/mol. The van der Waals surface area contributed by atoms with Crippen molar-refractivity contribution in [2.45, 2.75) is 37.5 Å². The lowest BCUT2D eigenvalue weighted by Gasteiger charge is -2.37. The number of hydrogen-bond acceptors (Lipinski definition) is 3. The van der Waals surface area contributed by atoms with Gasteiger partial charge in [-0.25, -0.2) is 15.0 Å². The van der Waals surface area contributed by atoms with Crippen LogP contribution >= 0.6 is 0 Å². The minimum Gasteiger partial charge on any atom is -0.208 e. The van der Waals surface area contributed by atoms with Crippen molar-refractivity contribution in [1.29, 1.82) is 0 Å². The second-order valence-corrected chi connectivity index (χ2v) is 16.3. The quantitative estimate of drug-likeness (QED) is 0.162. The Morgan fingerprint density at radius 1 is 0.283 bits per heavy atom. The van der Waals surface area contributed by atoms with Crippen LogP contribution in [-0.4, -0.2) is 15.0 Å². The van der Waals surface area contributed by atoms with Gasteiger partial charge in [0.05, 0.1) is 0 Å². The van der Waals surface area contributed by atoms with Crippen LogP contribution in [0, 0.1) is 0 Å². The Balaban J connectivity index is 0.880. The smallest absolute Gasteiger partial charge is 0.164 e. The molecule has 3 heteroatoms. The average molecular weight is 770 g/mol. The molecule has 60 heavy (non-hydrogen) atoms. The Bertz CT molecular complexity index is 2960. The molecule has 0 amide bonds. The van der Waals surface area contributed by atoms with Gasteiger partial charge in [0.15, 0.2) is 17.5 Å². The molecule has 11 rings (SSSR count). The normalized spacial score (nSPS) is 13.8. The van der Waals surface area contributed by atoms with E-state index in [2.05, 4.69) is 164 Å². The standard InChI is InChI=1S/C57H43N3/c1-4-14-39(15-5-1)40-28-32-45(33-29-40)55-58-54(44-16-6-2-7-17-44)59-56(60-55)46-34-30-42(31-35-46)41-24-26-43(27-25-41)47-18-12-19-48(38-47)49-21-13-22-51-50-20-8-9-23-52(50)57(53(49)51)36-10-3-11-37-57/h1-2,4-9,12-35,38H,3,10-11,36-37H2. The van der Waals surface area contributed by atoms with Crippen LogP contribution in [0.1, 0.15) is 43.2 Å². The highest BCUT2D eigenvalue weighted by Gasteiger charge is 2.45. The summed E-state index contributed by atoms with van der Waals surface area (Å²) in [4.78, 5) is 14.9. The van der Waals surface area contributed by atoms with Gasteiger partial charge in [-0.05, 0) is 85.7 Å². The van der Waals surface area contributed by atoms with Crippen molar-refractivity contribution in [3.8, 4) is 89.8 Å². The first-order valence-corrected chi connectivity index (χ1v) is 21.2. The molecule has 286 valence electrons. The number of benzene rings is 8. The molecule has 2 aliphatic carbocycles. The van der Waals surface area contributed by atoms with E-state index in [-0.39, 0.29) is 5.41 Å². The predicted molar refractivity (Wildman–Crippen MR) is 247 cm³/mol. The summed E-state index contributed by atoms with van der Waals surface area (Å²) in [6.45, 7) is 0. The number of aromatic nitrogens is 3. The molecule has 2 aliphatic rings. The van der Waals surface area contributed by atoms with E-state index in [1.807, 2.05) is 36.4 Å². The van der Waals surface area contributed by atoms with Crippen LogP contribution < -0.4 is 0 Å². The molecule has 1 heterocycles. The number of rotatable bonds is 7. The molecule has 8 aromatic carbocycles. The van der Waals surface area contributed by atoms with Gasteiger partial charge in [-0.2, -0.15) is 0 Å². The second kappa shape index (κ2) is 15.2. The second-order valence-electron chi connectivity index (χ2n) is 16.3. The molecule has 0 N–H and O–H groups in total. The third-order valence-corrected chi connectivity index (χ3v) is 12.8. The van der Waals surface area contributed by atoms with Gasteiger partial charge in [0.25, 0.3) is 0 Å². The summed E-state index contributed by atoms with van der Waals surface area (Å²) in [5, 5.41) is 0. The fourth-order valence-corrected chi connectivity index (χ4v) is 9.80. The highest BCUT2D eigenvalue weighted by atomic mass is 15.0. The van der Waals surface area contributed by atoms with E-state index in [4.69, 9.17) is 15.0 Å². The van der Waals surface area contributed by atoms with Crippen LogP contribution in [0.15, 0.2) is 200 Å². The van der Waals surface area contributed by atoms with E-state index in [1.54, 1.807) is 5.56 Å². The third-order valence-electron chi connectivity index (χ3n) is 12.8. The highest BCUT2D eigenvalue weighted by molar-refractivity contribution is 5.89.